The summed E-state index contributed by atoms with van der Waals surface area (Å²) in [7, 11) is -5.60. The number of benzene rings is 1. The van der Waals surface area contributed by atoms with Crippen LogP contribution in [-0.2, 0) is 21.2 Å². The van der Waals surface area contributed by atoms with E-state index >= 15 is 0 Å². The minimum absolute atomic E-state index is 0.0460. The molecule has 37 heavy (non-hydrogen) atoms. The Morgan fingerprint density at radius 1 is 1.11 bits per heavy atom. The molecule has 1 fully saturated rings. The Balaban J connectivity index is 1.61. The highest BCUT2D eigenvalue weighted by molar-refractivity contribution is 7.92. The first-order valence-electron chi connectivity index (χ1n) is 10.6. The highest BCUT2D eigenvalue weighted by Gasteiger charge is 2.52. The van der Waals surface area contributed by atoms with E-state index in [4.69, 9.17) is 4.42 Å². The van der Waals surface area contributed by atoms with Gasteiger partial charge in [-0.25, -0.2) is 18.1 Å². The molecule has 1 N–H and O–H groups in total. The van der Waals surface area contributed by atoms with E-state index in [-0.39, 0.29) is 23.7 Å². The summed E-state index contributed by atoms with van der Waals surface area (Å²) in [4.78, 5) is 43.8. The van der Waals surface area contributed by atoms with Crippen molar-refractivity contribution in [1.29, 1.82) is 0 Å². The molecule has 4 amide bonds. The number of furan rings is 1. The van der Waals surface area contributed by atoms with E-state index in [1.165, 1.54) is 49.5 Å². The number of halogens is 3. The third kappa shape index (κ3) is 4.55. The van der Waals surface area contributed by atoms with Crippen LogP contribution in [0.2, 0.25) is 0 Å². The smallest absolute Gasteiger partial charge is 0.459 e. The van der Waals surface area contributed by atoms with Gasteiger partial charge in [0.2, 0.25) is 0 Å². The number of nitrogens with one attached hydrogen (secondary N) is 1. The van der Waals surface area contributed by atoms with E-state index in [1.807, 2.05) is 0 Å². The number of pyridine rings is 1. The van der Waals surface area contributed by atoms with Crippen LogP contribution in [-0.4, -0.2) is 47.2 Å². The van der Waals surface area contributed by atoms with E-state index in [1.54, 1.807) is 6.07 Å². The van der Waals surface area contributed by atoms with Gasteiger partial charge >= 0.3 is 11.5 Å². The zero-order chi connectivity index (χ0) is 27.2. The van der Waals surface area contributed by atoms with Gasteiger partial charge in [0.15, 0.2) is 5.76 Å². The topological polar surface area (TPSA) is 130 Å². The Morgan fingerprint density at radius 2 is 1.78 bits per heavy atom. The number of carbonyl (C=O) groups excluding carboxylic acids is 3. The van der Waals surface area contributed by atoms with Crippen LogP contribution in [0.15, 0.2) is 70.4 Å². The van der Waals surface area contributed by atoms with E-state index in [0.29, 0.717) is 17.7 Å². The van der Waals surface area contributed by atoms with Crippen molar-refractivity contribution in [2.24, 2.45) is 0 Å². The maximum absolute atomic E-state index is 13.3. The van der Waals surface area contributed by atoms with E-state index < -0.39 is 43.6 Å². The normalized spacial score (nSPS) is 15.8. The van der Waals surface area contributed by atoms with Gasteiger partial charge in [-0.2, -0.15) is 13.2 Å². The summed E-state index contributed by atoms with van der Waals surface area (Å²) in [5.74, 6) is -1.19. The number of aromatic nitrogens is 1. The van der Waals surface area contributed by atoms with Gasteiger partial charge in [-0.1, -0.05) is 0 Å². The molecule has 0 bridgehead atoms. The van der Waals surface area contributed by atoms with Gasteiger partial charge in [-0.3, -0.25) is 14.6 Å². The maximum Gasteiger partial charge on any atom is 0.501 e. The third-order valence-electron chi connectivity index (χ3n) is 5.77. The molecule has 0 aliphatic carbocycles. The predicted molar refractivity (Wildman–Crippen MR) is 123 cm³/mol. The van der Waals surface area contributed by atoms with Crippen LogP contribution in [0.1, 0.15) is 30.0 Å². The lowest BCUT2D eigenvalue weighted by Crippen LogP contribution is -2.43. The molecule has 3 aromatic rings. The van der Waals surface area contributed by atoms with Crippen molar-refractivity contribution in [3.63, 3.8) is 0 Å². The fraction of sp³-hybridized carbons (Fsp3) is 0.217. The van der Waals surface area contributed by atoms with Crippen LogP contribution in [0, 0.1) is 0 Å². The van der Waals surface area contributed by atoms with Gasteiger partial charge in [0.25, 0.3) is 21.7 Å². The lowest BCUT2D eigenvalue weighted by molar-refractivity contribution is -0.123. The molecule has 14 heteroatoms. The van der Waals surface area contributed by atoms with Crippen molar-refractivity contribution in [1.82, 2.24) is 9.88 Å². The minimum atomic E-state index is -5.60. The number of hydrogen-bond acceptors (Lipinski definition) is 7. The Hall–Kier alpha value is -4.20. The summed E-state index contributed by atoms with van der Waals surface area (Å²) in [6.45, 7) is 2.83. The van der Waals surface area contributed by atoms with Crippen LogP contribution in [0.5, 0.6) is 0 Å². The van der Waals surface area contributed by atoms with Gasteiger partial charge in [-0.15, -0.1) is 0 Å². The number of hydrogen-bond donors (Lipinski definition) is 1. The van der Waals surface area contributed by atoms with Crippen LogP contribution in [0.4, 0.5) is 29.3 Å². The van der Waals surface area contributed by atoms with E-state index in [9.17, 15) is 36.0 Å². The SMILES string of the molecule is CC1(C)C(=O)N(c2ccc(S(=O)(=O)C(F)(F)F)cc2)C(=O)N1Cc1ccncc1NC(=O)c1ccco1. The highest BCUT2D eigenvalue weighted by atomic mass is 32.2. The first kappa shape index (κ1) is 25.9. The van der Waals surface area contributed by atoms with Gasteiger partial charge in [0.1, 0.15) is 5.54 Å². The lowest BCUT2D eigenvalue weighted by Gasteiger charge is -2.28. The number of urea groups is 1. The lowest BCUT2D eigenvalue weighted by atomic mass is 10.0. The zero-order valence-corrected chi connectivity index (χ0v) is 20.1. The zero-order valence-electron chi connectivity index (χ0n) is 19.3. The van der Waals surface area contributed by atoms with Crippen molar-refractivity contribution in [2.75, 3.05) is 10.2 Å². The molecule has 1 aromatic carbocycles. The fourth-order valence-electron chi connectivity index (χ4n) is 3.67. The first-order valence-corrected chi connectivity index (χ1v) is 12.1. The summed E-state index contributed by atoms with van der Waals surface area (Å²) in [5, 5.41) is 2.64. The summed E-state index contributed by atoms with van der Waals surface area (Å²) < 4.78 is 66.9. The molecular formula is C23H19F3N4O6S. The number of nitrogens with zero attached hydrogens (tertiary/aromatic N) is 3. The molecule has 0 saturated carbocycles. The molecule has 0 atom stereocenters. The van der Waals surface area contributed by atoms with Crippen LogP contribution < -0.4 is 10.2 Å². The molecule has 1 saturated heterocycles. The van der Waals surface area contributed by atoms with Crippen LogP contribution in [0.25, 0.3) is 0 Å². The summed E-state index contributed by atoms with van der Waals surface area (Å²) >= 11 is 0. The Morgan fingerprint density at radius 3 is 2.38 bits per heavy atom. The standard InChI is InChI=1S/C23H19F3N4O6S/c1-22(2)20(32)30(15-5-7-16(8-6-15)37(34,35)23(24,25)26)21(33)29(22)13-14-9-10-27-12-17(14)28-19(31)18-4-3-11-36-18/h3-12H,13H2,1-2H3,(H,28,31). The predicted octanol–water partition coefficient (Wildman–Crippen LogP) is 3.97. The molecule has 2 aromatic heterocycles. The molecule has 0 radical (unpaired) electrons. The molecule has 3 heterocycles. The van der Waals surface area contributed by atoms with Gasteiger partial charge in [0, 0.05) is 6.20 Å². The number of imide groups is 1. The molecule has 10 nitrogen and oxygen atoms in total. The first-order chi connectivity index (χ1) is 17.2. The second kappa shape index (κ2) is 9.03. The monoisotopic (exact) mass is 536 g/mol. The number of carbonyl (C=O) groups is 3. The van der Waals surface area contributed by atoms with Gasteiger partial charge in [-0.05, 0) is 61.9 Å². The van der Waals surface area contributed by atoms with Crippen molar-refractivity contribution >= 4 is 39.1 Å². The van der Waals surface area contributed by atoms with Gasteiger partial charge in [0.05, 0.1) is 35.3 Å². The summed E-state index contributed by atoms with van der Waals surface area (Å²) in [6, 6.07) is 7.02. The number of amides is 4. The largest absolute Gasteiger partial charge is 0.501 e. The third-order valence-corrected chi connectivity index (χ3v) is 7.27. The fourth-order valence-corrected chi connectivity index (χ4v) is 4.43. The minimum Gasteiger partial charge on any atom is -0.459 e. The molecule has 194 valence electrons. The van der Waals surface area contributed by atoms with E-state index in [2.05, 4.69) is 10.3 Å². The average molecular weight is 536 g/mol. The van der Waals surface area contributed by atoms with Crippen molar-refractivity contribution in [2.45, 2.75) is 36.3 Å². The second-order valence-electron chi connectivity index (χ2n) is 8.48. The second-order valence-corrected chi connectivity index (χ2v) is 10.4. The number of sulfone groups is 1. The van der Waals surface area contributed by atoms with Crippen molar-refractivity contribution in [3.8, 4) is 0 Å². The van der Waals surface area contributed by atoms with Crippen LogP contribution >= 0.6 is 0 Å². The van der Waals surface area contributed by atoms with Crippen molar-refractivity contribution < 1.29 is 40.4 Å². The average Bonchev–Trinajstić information content (AvgIpc) is 3.42. The Bertz CT molecular complexity index is 1470. The number of rotatable bonds is 6. The molecule has 4 rings (SSSR count). The molecule has 1 aliphatic rings. The number of anilines is 2. The van der Waals surface area contributed by atoms with Crippen LogP contribution in [0.3, 0.4) is 0 Å². The van der Waals surface area contributed by atoms with Gasteiger partial charge < -0.3 is 14.6 Å². The maximum atomic E-state index is 13.3. The summed E-state index contributed by atoms with van der Waals surface area (Å²) in [5.41, 5.74) is -6.29. The number of alkyl halides is 3. The van der Waals surface area contributed by atoms with E-state index in [0.717, 1.165) is 17.0 Å². The summed E-state index contributed by atoms with van der Waals surface area (Å²) in [6.07, 6.45) is 4.13. The molecule has 1 aliphatic heterocycles. The molecule has 0 unspecified atom stereocenters. The Labute approximate surface area is 208 Å². The van der Waals surface area contributed by atoms with Crippen molar-refractivity contribution in [3.05, 3.63) is 72.4 Å². The quantitative estimate of drug-likeness (QED) is 0.472. The highest BCUT2D eigenvalue weighted by Crippen LogP contribution is 2.36. The Kier molecular flexibility index (Phi) is 6.32. The molecule has 0 spiro atoms. The molecular weight excluding hydrogens is 517 g/mol.